The van der Waals surface area contributed by atoms with Crippen molar-refractivity contribution in [3.8, 4) is 0 Å². The third-order valence-electron chi connectivity index (χ3n) is 6.84. The molecule has 0 bridgehead atoms. The Labute approximate surface area is 227 Å². The van der Waals surface area contributed by atoms with Crippen LogP contribution in [0.1, 0.15) is 68.7 Å². The third-order valence-corrected chi connectivity index (χ3v) is 6.84. The molecule has 7 heteroatoms. The van der Waals surface area contributed by atoms with E-state index >= 15 is 0 Å². The number of hydrogen-bond donors (Lipinski definition) is 4. The standard InChI is InChI=1S/C29H44N4O2.CH3N.2H2/c1-9-25(31-8)28(34)32-26(22-14-16-29(5,6)17-15-22)19-35-33-24-12-10-23(11-13-24)27(20(2)3)21(4)18-30-7;1-2;;/h9-13,18,22,26,31,33H,2,14-17,19H2,1,3-8H3,(H,32,34);2H,1H2;2*1H/b25-9-,27-21+,30-18?;;;/t26-;;;/m1.../s1. The Balaban J connectivity index is 0. The quantitative estimate of drug-likeness (QED) is 0.115. The van der Waals surface area contributed by atoms with Gasteiger partial charge in [-0.3, -0.25) is 20.1 Å². The molecule has 2 rings (SSSR count). The van der Waals surface area contributed by atoms with E-state index in [0.29, 0.717) is 23.6 Å². The summed E-state index contributed by atoms with van der Waals surface area (Å²) in [5.41, 5.74) is 9.11. The van der Waals surface area contributed by atoms with Gasteiger partial charge in [0.05, 0.1) is 24.0 Å². The van der Waals surface area contributed by atoms with Crippen molar-refractivity contribution in [2.24, 2.45) is 16.3 Å². The molecule has 1 aromatic carbocycles. The highest BCUT2D eigenvalue weighted by molar-refractivity contribution is 5.95. The summed E-state index contributed by atoms with van der Waals surface area (Å²) >= 11 is 0. The van der Waals surface area contributed by atoms with Crippen LogP contribution in [0.25, 0.3) is 5.57 Å². The minimum Gasteiger partial charge on any atom is -0.384 e. The molecule has 1 atom stereocenters. The lowest BCUT2D eigenvalue weighted by molar-refractivity contribution is -0.119. The third kappa shape index (κ3) is 10.00. The van der Waals surface area contributed by atoms with Gasteiger partial charge in [0.25, 0.3) is 5.91 Å². The van der Waals surface area contributed by atoms with Crippen molar-refractivity contribution in [2.45, 2.75) is 66.3 Å². The zero-order chi connectivity index (χ0) is 28.0. The Hall–Kier alpha value is -3.19. The normalized spacial score (nSPS) is 17.2. The van der Waals surface area contributed by atoms with Gasteiger partial charge in [0.1, 0.15) is 0 Å². The van der Waals surface area contributed by atoms with Crippen molar-refractivity contribution in [2.75, 3.05) is 26.2 Å². The van der Waals surface area contributed by atoms with Gasteiger partial charge < -0.3 is 16.0 Å². The maximum atomic E-state index is 12.7. The maximum absolute atomic E-state index is 12.7. The first-order valence-electron chi connectivity index (χ1n) is 12.9. The van der Waals surface area contributed by atoms with Gasteiger partial charge >= 0.3 is 0 Å². The molecular formula is C30H51N5O2. The number of nitrogens with zero attached hydrogens (tertiary/aromatic N) is 1. The van der Waals surface area contributed by atoms with E-state index in [4.69, 9.17) is 10.2 Å². The number of anilines is 1. The molecule has 0 heterocycles. The number of benzene rings is 1. The van der Waals surface area contributed by atoms with Crippen LogP contribution in [0.4, 0.5) is 5.69 Å². The van der Waals surface area contributed by atoms with Gasteiger partial charge in [0.15, 0.2) is 0 Å². The molecule has 1 aromatic rings. The molecule has 0 radical (unpaired) electrons. The average Bonchev–Trinajstić information content (AvgIpc) is 2.86. The number of aliphatic imine (C=N–C) groups is 1. The van der Waals surface area contributed by atoms with Gasteiger partial charge in [-0.1, -0.05) is 44.2 Å². The minimum atomic E-state index is -0.0945. The first-order valence-corrected chi connectivity index (χ1v) is 12.9. The second-order valence-electron chi connectivity index (χ2n) is 10.3. The summed E-state index contributed by atoms with van der Waals surface area (Å²) < 4.78 is 0. The van der Waals surface area contributed by atoms with Gasteiger partial charge in [-0.25, -0.2) is 0 Å². The molecule has 208 valence electrons. The zero-order valence-electron chi connectivity index (χ0n) is 23.8. The first kappa shape index (κ1) is 31.8. The van der Waals surface area contributed by atoms with Crippen LogP contribution < -0.4 is 16.1 Å². The van der Waals surface area contributed by atoms with Gasteiger partial charge in [0, 0.05) is 23.2 Å². The predicted octanol–water partition coefficient (Wildman–Crippen LogP) is 6.66. The van der Waals surface area contributed by atoms with E-state index in [-0.39, 0.29) is 14.8 Å². The highest BCUT2D eigenvalue weighted by Crippen LogP contribution is 2.39. The van der Waals surface area contributed by atoms with Crippen LogP contribution in [0, 0.1) is 16.7 Å². The van der Waals surface area contributed by atoms with Crippen LogP contribution in [0.5, 0.6) is 0 Å². The van der Waals surface area contributed by atoms with E-state index in [1.54, 1.807) is 20.2 Å². The van der Waals surface area contributed by atoms with Crippen LogP contribution in [-0.2, 0) is 9.63 Å². The summed E-state index contributed by atoms with van der Waals surface area (Å²) in [7, 11) is 3.53. The van der Waals surface area contributed by atoms with Crippen LogP contribution >= 0.6 is 0 Å². The summed E-state index contributed by atoms with van der Waals surface area (Å²) in [4.78, 5) is 22.8. The van der Waals surface area contributed by atoms with Crippen molar-refractivity contribution in [1.29, 1.82) is 5.41 Å². The molecule has 37 heavy (non-hydrogen) atoms. The highest BCUT2D eigenvalue weighted by Gasteiger charge is 2.32. The van der Waals surface area contributed by atoms with E-state index in [1.165, 1.54) is 0 Å². The summed E-state index contributed by atoms with van der Waals surface area (Å²) in [5, 5.41) is 11.7. The minimum absolute atomic E-state index is 0. The second kappa shape index (κ2) is 15.8. The summed E-state index contributed by atoms with van der Waals surface area (Å²) in [5.74, 6) is 0.292. The molecule has 1 saturated carbocycles. The lowest BCUT2D eigenvalue weighted by Crippen LogP contribution is -2.47. The molecule has 0 aliphatic heterocycles. The van der Waals surface area contributed by atoms with Crippen LogP contribution in [-0.4, -0.2) is 45.6 Å². The van der Waals surface area contributed by atoms with Crippen molar-refractivity contribution >= 4 is 30.1 Å². The van der Waals surface area contributed by atoms with Crippen molar-refractivity contribution in [1.82, 2.24) is 10.6 Å². The lowest BCUT2D eigenvalue weighted by atomic mass is 9.71. The van der Waals surface area contributed by atoms with E-state index in [2.05, 4.69) is 60.4 Å². The van der Waals surface area contributed by atoms with E-state index < -0.39 is 0 Å². The fourth-order valence-electron chi connectivity index (χ4n) is 4.74. The van der Waals surface area contributed by atoms with Crippen LogP contribution in [0.3, 0.4) is 0 Å². The number of carbonyl (C=O) groups is 1. The summed E-state index contributed by atoms with van der Waals surface area (Å²) in [6, 6.07) is 8.02. The topological polar surface area (TPSA) is 98.6 Å². The monoisotopic (exact) mass is 513 g/mol. The zero-order valence-corrected chi connectivity index (χ0v) is 23.8. The Morgan fingerprint density at radius 1 is 1.24 bits per heavy atom. The molecular weight excluding hydrogens is 462 g/mol. The van der Waals surface area contributed by atoms with Gasteiger partial charge in [-0.2, -0.15) is 0 Å². The Morgan fingerprint density at radius 3 is 2.32 bits per heavy atom. The van der Waals surface area contributed by atoms with Crippen LogP contribution in [0.2, 0.25) is 0 Å². The van der Waals surface area contributed by atoms with E-state index in [9.17, 15) is 4.79 Å². The summed E-state index contributed by atoms with van der Waals surface area (Å²) in [6.45, 7) is 17.6. The summed E-state index contributed by atoms with van der Waals surface area (Å²) in [6.07, 6.45) is 8.12. The highest BCUT2D eigenvalue weighted by atomic mass is 16.6. The molecule has 0 unspecified atom stereocenters. The smallest absolute Gasteiger partial charge is 0.267 e. The number of amides is 1. The molecule has 1 aliphatic rings. The number of allylic oxidation sites excluding steroid dienone is 4. The largest absolute Gasteiger partial charge is 0.384 e. The fourth-order valence-corrected chi connectivity index (χ4v) is 4.74. The van der Waals surface area contributed by atoms with E-state index in [0.717, 1.165) is 53.7 Å². The maximum Gasteiger partial charge on any atom is 0.267 e. The molecule has 0 spiro atoms. The average molecular weight is 514 g/mol. The van der Waals surface area contributed by atoms with Crippen molar-refractivity contribution in [3.63, 3.8) is 0 Å². The molecule has 0 saturated heterocycles. The Bertz CT molecular complexity index is 978. The molecule has 4 N–H and O–H groups in total. The number of nitrogens with one attached hydrogen (secondary N) is 4. The van der Waals surface area contributed by atoms with Gasteiger partial charge in [0.2, 0.25) is 0 Å². The fraction of sp³-hybridized carbons (Fsp3) is 0.500. The van der Waals surface area contributed by atoms with E-state index in [1.807, 2.05) is 39.1 Å². The lowest BCUT2D eigenvalue weighted by Gasteiger charge is -2.38. The number of rotatable bonds is 11. The number of hydrogen-bond acceptors (Lipinski definition) is 6. The molecule has 0 aromatic heterocycles. The van der Waals surface area contributed by atoms with Gasteiger partial charge in [-0.05, 0) is 93.3 Å². The molecule has 1 amide bonds. The van der Waals surface area contributed by atoms with Gasteiger partial charge in [-0.15, -0.1) is 0 Å². The predicted molar refractivity (Wildman–Crippen MR) is 162 cm³/mol. The van der Waals surface area contributed by atoms with Crippen LogP contribution in [0.15, 0.2) is 58.8 Å². The van der Waals surface area contributed by atoms with Crippen molar-refractivity contribution < 1.29 is 12.5 Å². The number of carbonyl (C=O) groups excluding carboxylic acids is 1. The number of likely N-dealkylation sites (N-methyl/N-ethyl adjacent to an activating group) is 1. The molecule has 1 aliphatic carbocycles. The second-order valence-corrected chi connectivity index (χ2v) is 10.3. The molecule has 7 nitrogen and oxygen atoms in total. The SMILES string of the molecule is C=C(C)/C(=C(/C)C=NC)c1ccc(NOC[C@@H](NC(=O)/C(=C/C)NC)C2CCC(C)(C)CC2)cc1.C=N.[HH].[HH]. The Kier molecular flexibility index (Phi) is 13.6. The first-order chi connectivity index (χ1) is 17.6. The molecule has 1 fully saturated rings. The van der Waals surface area contributed by atoms with Crippen molar-refractivity contribution in [3.05, 3.63) is 59.3 Å². The Morgan fingerprint density at radius 2 is 1.84 bits per heavy atom.